The molecule has 2 aromatic rings. The molecule has 0 saturated heterocycles. The first-order valence-electron chi connectivity index (χ1n) is 10.8. The first-order valence-corrected chi connectivity index (χ1v) is 5.76. The highest BCUT2D eigenvalue weighted by Crippen LogP contribution is 2.04. The molecule has 0 bridgehead atoms. The standard InChI is InChI=1S/C13H20N4O3/c1-9(18)6-4-5-7-17-12(19)10-11(14-8-15(10)2)16(3)13(17)20/h8-9,18H,4-7H2,1-3H3/i1D3,2D3,6D2,8D,9D. The fourth-order valence-corrected chi connectivity index (χ4v) is 1.85. The van der Waals surface area contributed by atoms with Crippen LogP contribution in [0.15, 0.2) is 15.9 Å². The summed E-state index contributed by atoms with van der Waals surface area (Å²) in [4.78, 5) is 28.9. The average molecular weight is 290 g/mol. The van der Waals surface area contributed by atoms with Gasteiger partial charge in [0.15, 0.2) is 11.2 Å². The largest absolute Gasteiger partial charge is 0.393 e. The van der Waals surface area contributed by atoms with Gasteiger partial charge < -0.3 is 9.67 Å². The minimum atomic E-state index is -3.42. The molecule has 7 heteroatoms. The Morgan fingerprint density at radius 2 is 2.40 bits per heavy atom. The molecule has 0 aromatic carbocycles. The smallest absolute Gasteiger partial charge is 0.332 e. The van der Waals surface area contributed by atoms with E-state index in [0.29, 0.717) is 9.13 Å². The van der Waals surface area contributed by atoms with Gasteiger partial charge in [-0.25, -0.2) is 9.78 Å². The maximum absolute atomic E-state index is 12.8. The molecule has 0 spiro atoms. The van der Waals surface area contributed by atoms with Gasteiger partial charge in [-0.05, 0) is 26.1 Å². The number of nitrogens with zero attached hydrogens (tertiary/aromatic N) is 4. The number of hydrogen-bond donors (Lipinski definition) is 1. The van der Waals surface area contributed by atoms with E-state index in [1.807, 2.05) is 0 Å². The van der Waals surface area contributed by atoms with E-state index in [-0.39, 0.29) is 12.1 Å². The number of aromatic nitrogens is 4. The molecule has 20 heavy (non-hydrogen) atoms. The molecule has 0 saturated carbocycles. The summed E-state index contributed by atoms with van der Waals surface area (Å²) in [5, 5.41) is 9.80. The number of aliphatic hydroxyl groups is 1. The maximum Gasteiger partial charge on any atom is 0.332 e. The molecule has 0 aliphatic heterocycles. The minimum absolute atomic E-state index is 0.305. The van der Waals surface area contributed by atoms with Gasteiger partial charge in [-0.3, -0.25) is 13.9 Å². The monoisotopic (exact) mass is 290 g/mol. The molecule has 110 valence electrons. The molecule has 0 radical (unpaired) electrons. The van der Waals surface area contributed by atoms with Crippen LogP contribution in [0.4, 0.5) is 0 Å². The third-order valence-corrected chi connectivity index (χ3v) is 2.83. The predicted molar refractivity (Wildman–Crippen MR) is 75.7 cm³/mol. The van der Waals surface area contributed by atoms with Gasteiger partial charge in [0.2, 0.25) is 0 Å². The number of aryl methyl sites for hydroxylation is 2. The number of rotatable bonds is 5. The summed E-state index contributed by atoms with van der Waals surface area (Å²) in [7, 11) is 1.22. The van der Waals surface area contributed by atoms with Gasteiger partial charge in [-0.1, -0.05) is 0 Å². The second-order valence-corrected chi connectivity index (χ2v) is 4.15. The highest BCUT2D eigenvalue weighted by Gasteiger charge is 2.14. The third kappa shape index (κ3) is 2.53. The van der Waals surface area contributed by atoms with Gasteiger partial charge in [-0.2, -0.15) is 0 Å². The summed E-state index contributed by atoms with van der Waals surface area (Å²) in [5.74, 6) is 0. The molecule has 2 rings (SSSR count). The van der Waals surface area contributed by atoms with Crippen LogP contribution in [0.1, 0.15) is 39.8 Å². The fraction of sp³-hybridized carbons (Fsp3) is 0.615. The average Bonchev–Trinajstić information content (AvgIpc) is 2.92. The van der Waals surface area contributed by atoms with Crippen LogP contribution in [0.25, 0.3) is 11.2 Å². The van der Waals surface area contributed by atoms with Crippen molar-refractivity contribution < 1.29 is 18.8 Å². The van der Waals surface area contributed by atoms with Gasteiger partial charge in [-0.15, -0.1) is 0 Å². The van der Waals surface area contributed by atoms with Crippen molar-refractivity contribution in [3.05, 3.63) is 27.1 Å². The van der Waals surface area contributed by atoms with Crippen LogP contribution < -0.4 is 11.2 Å². The van der Waals surface area contributed by atoms with Crippen molar-refractivity contribution in [2.75, 3.05) is 0 Å². The summed E-state index contributed by atoms with van der Waals surface area (Å²) >= 11 is 0. The van der Waals surface area contributed by atoms with Gasteiger partial charge in [0.25, 0.3) is 5.56 Å². The third-order valence-electron chi connectivity index (χ3n) is 2.83. The number of hydrogen-bond acceptors (Lipinski definition) is 4. The Morgan fingerprint density at radius 3 is 3.10 bits per heavy atom. The second kappa shape index (κ2) is 5.62. The summed E-state index contributed by atoms with van der Waals surface area (Å²) in [6.07, 6.45) is -8.06. The van der Waals surface area contributed by atoms with E-state index in [2.05, 4.69) is 4.98 Å². The molecular weight excluding hydrogens is 260 g/mol. The van der Waals surface area contributed by atoms with Crippen molar-refractivity contribution in [1.29, 1.82) is 0 Å². The topological polar surface area (TPSA) is 82.1 Å². The molecule has 2 heterocycles. The maximum atomic E-state index is 12.8. The Hall–Kier alpha value is -1.89. The van der Waals surface area contributed by atoms with E-state index in [4.69, 9.17) is 13.7 Å². The van der Waals surface area contributed by atoms with Crippen LogP contribution >= 0.6 is 0 Å². The molecule has 0 fully saturated rings. The van der Waals surface area contributed by atoms with Crippen molar-refractivity contribution in [3.63, 3.8) is 0 Å². The van der Waals surface area contributed by atoms with Gasteiger partial charge in [0, 0.05) is 31.5 Å². The first kappa shape index (κ1) is 6.26. The predicted octanol–water partition coefficient (Wildman–Crippen LogP) is -0.0152. The van der Waals surface area contributed by atoms with Crippen molar-refractivity contribution >= 4 is 11.2 Å². The Morgan fingerprint density at radius 1 is 1.60 bits per heavy atom. The highest BCUT2D eigenvalue weighted by molar-refractivity contribution is 5.69. The van der Waals surface area contributed by atoms with Gasteiger partial charge in [0.1, 0.15) is 1.37 Å². The van der Waals surface area contributed by atoms with Crippen molar-refractivity contribution in [2.24, 2.45) is 14.0 Å². The van der Waals surface area contributed by atoms with E-state index in [9.17, 15) is 14.7 Å². The zero-order valence-corrected chi connectivity index (χ0v) is 10.7. The Balaban J connectivity index is 2.47. The van der Waals surface area contributed by atoms with Crippen molar-refractivity contribution in [2.45, 2.75) is 38.7 Å². The number of fused-ring (bicyclic) bond motifs is 1. The molecule has 0 amide bonds. The number of imidazole rings is 1. The minimum Gasteiger partial charge on any atom is -0.393 e. The molecule has 2 aromatic heterocycles. The van der Waals surface area contributed by atoms with Crippen LogP contribution in [0.2, 0.25) is 0 Å². The van der Waals surface area contributed by atoms with Crippen molar-refractivity contribution in [3.8, 4) is 0 Å². The lowest BCUT2D eigenvalue weighted by Crippen LogP contribution is -2.39. The molecule has 0 aliphatic rings. The molecule has 7 nitrogen and oxygen atoms in total. The van der Waals surface area contributed by atoms with Gasteiger partial charge >= 0.3 is 5.69 Å². The van der Waals surface area contributed by atoms with E-state index in [1.165, 1.54) is 7.05 Å². The van der Waals surface area contributed by atoms with Crippen LogP contribution in [-0.4, -0.2) is 29.9 Å². The van der Waals surface area contributed by atoms with Gasteiger partial charge in [0.05, 0.1) is 13.8 Å². The summed E-state index contributed by atoms with van der Waals surface area (Å²) < 4.78 is 76.4. The lowest BCUT2D eigenvalue weighted by molar-refractivity contribution is 0.180. The lowest BCUT2D eigenvalue weighted by Gasteiger charge is -2.09. The normalized spacial score (nSPS) is 23.9. The first-order chi connectivity index (χ1) is 13.3. The summed E-state index contributed by atoms with van der Waals surface area (Å²) in [6, 6.07) is 0. The fourth-order valence-electron chi connectivity index (χ4n) is 1.85. The SMILES string of the molecule is [2H]c1nc2c(c(=O)n(CCCC([2H])([2H])C([2H])(O)C([2H])([2H])[2H])c(=O)n2C)n1C([2H])([2H])[2H]. The molecule has 0 aliphatic carbocycles. The zero-order valence-electron chi connectivity index (χ0n) is 20.7. The zero-order chi connectivity index (χ0) is 23.4. The molecule has 1 atom stereocenters. The summed E-state index contributed by atoms with van der Waals surface area (Å²) in [5.41, 5.74) is -2.78. The highest BCUT2D eigenvalue weighted by atomic mass is 16.3. The summed E-state index contributed by atoms with van der Waals surface area (Å²) in [6.45, 7) is -6.70. The van der Waals surface area contributed by atoms with Crippen LogP contribution in [0, 0.1) is 0 Å². The second-order valence-electron chi connectivity index (χ2n) is 4.15. The van der Waals surface area contributed by atoms with Crippen molar-refractivity contribution in [1.82, 2.24) is 18.7 Å². The molecule has 1 unspecified atom stereocenters. The van der Waals surface area contributed by atoms with Crippen LogP contribution in [0.5, 0.6) is 0 Å². The lowest BCUT2D eigenvalue weighted by atomic mass is 10.2. The van der Waals surface area contributed by atoms with E-state index >= 15 is 0 Å². The Labute approximate surface area is 130 Å². The Bertz CT molecular complexity index is 1080. The molecule has 1 N–H and O–H groups in total. The van der Waals surface area contributed by atoms with Crippen LogP contribution in [-0.2, 0) is 20.6 Å². The molecular formula is C13H20N4O3. The Kier molecular flexibility index (Phi) is 1.76. The van der Waals surface area contributed by atoms with Crippen LogP contribution in [0.3, 0.4) is 0 Å². The van der Waals surface area contributed by atoms with E-state index < -0.39 is 62.3 Å². The van der Waals surface area contributed by atoms with E-state index in [1.54, 1.807) is 0 Å². The van der Waals surface area contributed by atoms with E-state index in [0.717, 1.165) is 4.57 Å². The quantitative estimate of drug-likeness (QED) is 0.839.